The Morgan fingerprint density at radius 1 is 1.26 bits per heavy atom. The van der Waals surface area contributed by atoms with Crippen molar-refractivity contribution in [3.05, 3.63) is 29.8 Å². The summed E-state index contributed by atoms with van der Waals surface area (Å²) >= 11 is 0. The van der Waals surface area contributed by atoms with Gasteiger partial charge in [-0.2, -0.15) is 0 Å². The van der Waals surface area contributed by atoms with Gasteiger partial charge in [0.15, 0.2) is 0 Å². The van der Waals surface area contributed by atoms with Crippen LogP contribution in [0.1, 0.15) is 43.0 Å². The molecule has 0 radical (unpaired) electrons. The largest absolute Gasteiger partial charge is 0.465 e. The quantitative estimate of drug-likeness (QED) is 0.848. The minimum atomic E-state index is -0.408. The Morgan fingerprint density at radius 2 is 1.96 bits per heavy atom. The zero-order valence-corrected chi connectivity index (χ0v) is 14.2. The van der Waals surface area contributed by atoms with Crippen molar-refractivity contribution in [3.8, 4) is 0 Å². The Kier molecular flexibility index (Phi) is 6.16. The summed E-state index contributed by atoms with van der Waals surface area (Å²) in [6.07, 6.45) is 4.78. The van der Waals surface area contributed by atoms with Gasteiger partial charge in [0, 0.05) is 11.7 Å². The molecule has 5 nitrogen and oxygen atoms in total. The molecule has 1 aromatic carbocycles. The van der Waals surface area contributed by atoms with E-state index in [1.807, 2.05) is 7.05 Å². The van der Waals surface area contributed by atoms with E-state index in [1.54, 1.807) is 24.3 Å². The van der Waals surface area contributed by atoms with Crippen LogP contribution in [-0.4, -0.2) is 43.5 Å². The molecule has 1 N–H and O–H groups in total. The molecule has 0 bridgehead atoms. The van der Waals surface area contributed by atoms with E-state index in [4.69, 9.17) is 0 Å². The highest BCUT2D eigenvalue weighted by Crippen LogP contribution is 2.26. The normalized spacial score (nSPS) is 21.0. The van der Waals surface area contributed by atoms with Crippen LogP contribution in [0.4, 0.5) is 5.69 Å². The highest BCUT2D eigenvalue weighted by Gasteiger charge is 2.23. The minimum absolute atomic E-state index is 0.0619. The number of nitrogens with one attached hydrogen (secondary N) is 1. The van der Waals surface area contributed by atoms with Crippen molar-refractivity contribution in [3.63, 3.8) is 0 Å². The number of amides is 1. The Bertz CT molecular complexity index is 551. The van der Waals surface area contributed by atoms with Gasteiger partial charge in [0.1, 0.15) is 0 Å². The highest BCUT2D eigenvalue weighted by molar-refractivity contribution is 5.95. The topological polar surface area (TPSA) is 58.6 Å². The number of anilines is 1. The van der Waals surface area contributed by atoms with Crippen molar-refractivity contribution in [2.45, 2.75) is 38.6 Å². The molecule has 23 heavy (non-hydrogen) atoms. The number of carbonyl (C=O) groups excluding carboxylic acids is 2. The fourth-order valence-electron chi connectivity index (χ4n) is 3.08. The van der Waals surface area contributed by atoms with Gasteiger partial charge in [0.05, 0.1) is 19.2 Å². The predicted octanol–water partition coefficient (Wildman–Crippen LogP) is 2.92. The number of hydrogen-bond donors (Lipinski definition) is 1. The first kappa shape index (κ1) is 17.5. The van der Waals surface area contributed by atoms with Crippen LogP contribution in [0.15, 0.2) is 24.3 Å². The number of methoxy groups -OCH3 is 1. The van der Waals surface area contributed by atoms with E-state index in [2.05, 4.69) is 21.9 Å². The molecular weight excluding hydrogens is 292 g/mol. The van der Waals surface area contributed by atoms with Crippen LogP contribution in [0.2, 0.25) is 0 Å². The van der Waals surface area contributed by atoms with Gasteiger partial charge in [0.2, 0.25) is 5.91 Å². The molecule has 2 rings (SSSR count). The number of esters is 1. The zero-order valence-electron chi connectivity index (χ0n) is 14.2. The zero-order chi connectivity index (χ0) is 16.8. The SMILES string of the molecule is COC(=O)c1cccc(NC(=O)CN(C)C2CCC(C)CC2)c1. The molecule has 0 atom stereocenters. The van der Waals surface area contributed by atoms with Crippen molar-refractivity contribution < 1.29 is 14.3 Å². The Hall–Kier alpha value is -1.88. The average molecular weight is 318 g/mol. The molecule has 1 aliphatic rings. The van der Waals surface area contributed by atoms with Crippen LogP contribution in [0.5, 0.6) is 0 Å². The second kappa shape index (κ2) is 8.11. The van der Waals surface area contributed by atoms with Crippen LogP contribution in [0.25, 0.3) is 0 Å². The van der Waals surface area contributed by atoms with Gasteiger partial charge in [-0.15, -0.1) is 0 Å². The fourth-order valence-corrected chi connectivity index (χ4v) is 3.08. The summed E-state index contributed by atoms with van der Waals surface area (Å²) in [6, 6.07) is 7.28. The number of nitrogens with zero attached hydrogens (tertiary/aromatic N) is 1. The van der Waals surface area contributed by atoms with Crippen LogP contribution in [-0.2, 0) is 9.53 Å². The molecule has 0 aliphatic heterocycles. The third kappa shape index (κ3) is 5.06. The lowest BCUT2D eigenvalue weighted by Crippen LogP contribution is -2.39. The first-order chi connectivity index (χ1) is 11.0. The summed E-state index contributed by atoms with van der Waals surface area (Å²) in [5.41, 5.74) is 1.04. The van der Waals surface area contributed by atoms with Gasteiger partial charge in [0.25, 0.3) is 0 Å². The second-order valence-corrected chi connectivity index (χ2v) is 6.45. The van der Waals surface area contributed by atoms with Gasteiger partial charge >= 0.3 is 5.97 Å². The van der Waals surface area contributed by atoms with Gasteiger partial charge in [-0.25, -0.2) is 4.79 Å². The van der Waals surface area contributed by atoms with Gasteiger partial charge in [-0.05, 0) is 56.8 Å². The van der Waals surface area contributed by atoms with Crippen LogP contribution < -0.4 is 5.32 Å². The van der Waals surface area contributed by atoms with Gasteiger partial charge < -0.3 is 10.1 Å². The summed E-state index contributed by atoms with van der Waals surface area (Å²) in [5.74, 6) is 0.331. The molecule has 0 heterocycles. The lowest BCUT2D eigenvalue weighted by molar-refractivity contribution is -0.117. The number of benzene rings is 1. The number of likely N-dealkylation sites (N-methyl/N-ethyl adjacent to an activating group) is 1. The van der Waals surface area contributed by atoms with E-state index in [-0.39, 0.29) is 5.91 Å². The standard InChI is InChI=1S/C18H26N2O3/c1-13-7-9-16(10-8-13)20(2)12-17(21)19-15-6-4-5-14(11-15)18(22)23-3/h4-6,11,13,16H,7-10,12H2,1-3H3,(H,19,21). The molecule has 0 spiro atoms. The lowest BCUT2D eigenvalue weighted by atomic mass is 9.87. The lowest BCUT2D eigenvalue weighted by Gasteiger charge is -2.33. The van der Waals surface area contributed by atoms with Crippen molar-refractivity contribution in [1.29, 1.82) is 0 Å². The maximum atomic E-state index is 12.2. The van der Waals surface area contributed by atoms with Crippen molar-refractivity contribution in [2.24, 2.45) is 5.92 Å². The summed E-state index contributed by atoms with van der Waals surface area (Å²) in [5, 5.41) is 2.85. The van der Waals surface area contributed by atoms with E-state index in [0.29, 0.717) is 23.8 Å². The summed E-state index contributed by atoms with van der Waals surface area (Å²) < 4.78 is 4.69. The summed E-state index contributed by atoms with van der Waals surface area (Å²) in [4.78, 5) is 25.9. The van der Waals surface area contributed by atoms with Crippen molar-refractivity contribution >= 4 is 17.6 Å². The first-order valence-electron chi connectivity index (χ1n) is 8.18. The van der Waals surface area contributed by atoms with Gasteiger partial charge in [-0.1, -0.05) is 13.0 Å². The van der Waals surface area contributed by atoms with E-state index < -0.39 is 5.97 Å². The predicted molar refractivity (Wildman–Crippen MR) is 90.5 cm³/mol. The third-order valence-corrected chi connectivity index (χ3v) is 4.57. The van der Waals surface area contributed by atoms with Crippen LogP contribution in [0, 0.1) is 5.92 Å². The van der Waals surface area contributed by atoms with Gasteiger partial charge in [-0.3, -0.25) is 9.69 Å². The summed E-state index contributed by atoms with van der Waals surface area (Å²) in [7, 11) is 3.35. The van der Waals surface area contributed by atoms with Crippen LogP contribution in [0.3, 0.4) is 0 Å². The van der Waals surface area contributed by atoms with E-state index >= 15 is 0 Å². The number of rotatable bonds is 5. The minimum Gasteiger partial charge on any atom is -0.465 e. The molecule has 1 fully saturated rings. The maximum Gasteiger partial charge on any atom is 0.337 e. The Labute approximate surface area is 138 Å². The van der Waals surface area contributed by atoms with Crippen molar-refractivity contribution in [2.75, 3.05) is 26.0 Å². The molecule has 1 aliphatic carbocycles. The molecular formula is C18H26N2O3. The molecule has 1 saturated carbocycles. The van der Waals surface area contributed by atoms with E-state index in [1.165, 1.54) is 20.0 Å². The molecule has 1 amide bonds. The molecule has 0 saturated heterocycles. The Morgan fingerprint density at radius 3 is 2.61 bits per heavy atom. The molecule has 1 aromatic rings. The first-order valence-corrected chi connectivity index (χ1v) is 8.18. The molecule has 0 unspecified atom stereocenters. The fraction of sp³-hybridized carbons (Fsp3) is 0.556. The van der Waals surface area contributed by atoms with Crippen LogP contribution >= 0.6 is 0 Å². The maximum absolute atomic E-state index is 12.2. The Balaban J connectivity index is 1.88. The highest BCUT2D eigenvalue weighted by atomic mass is 16.5. The molecule has 126 valence electrons. The monoisotopic (exact) mass is 318 g/mol. The van der Waals surface area contributed by atoms with E-state index in [0.717, 1.165) is 18.8 Å². The second-order valence-electron chi connectivity index (χ2n) is 6.45. The van der Waals surface area contributed by atoms with Crippen molar-refractivity contribution in [1.82, 2.24) is 4.90 Å². The van der Waals surface area contributed by atoms with E-state index in [9.17, 15) is 9.59 Å². The number of hydrogen-bond acceptors (Lipinski definition) is 4. The molecule has 5 heteroatoms. The number of ether oxygens (including phenoxy) is 1. The summed E-state index contributed by atoms with van der Waals surface area (Å²) in [6.45, 7) is 2.65. The smallest absolute Gasteiger partial charge is 0.337 e. The molecule has 0 aromatic heterocycles. The number of carbonyl (C=O) groups is 2. The third-order valence-electron chi connectivity index (χ3n) is 4.57. The average Bonchev–Trinajstić information content (AvgIpc) is 2.54.